The maximum Gasteiger partial charge on any atom is 0.224 e. The average Bonchev–Trinajstić information content (AvgIpc) is 2.60. The zero-order chi connectivity index (χ0) is 17.6. The van der Waals surface area contributed by atoms with Gasteiger partial charge in [-0.15, -0.1) is 0 Å². The van der Waals surface area contributed by atoms with Gasteiger partial charge in [-0.05, 0) is 25.8 Å². The van der Waals surface area contributed by atoms with E-state index in [2.05, 4.69) is 20.2 Å². The minimum Gasteiger partial charge on any atom is -0.377 e. The summed E-state index contributed by atoms with van der Waals surface area (Å²) in [6, 6.07) is 0. The fourth-order valence-electron chi connectivity index (χ4n) is 3.18. The molecule has 1 saturated heterocycles. The molecular formula is C17H29N5O2. The van der Waals surface area contributed by atoms with Crippen LogP contribution in [0.2, 0.25) is 0 Å². The van der Waals surface area contributed by atoms with Gasteiger partial charge < -0.3 is 15.0 Å². The molecule has 1 aliphatic rings. The highest BCUT2D eigenvalue weighted by molar-refractivity contribution is 5.75. The first-order valence-corrected chi connectivity index (χ1v) is 8.44. The van der Waals surface area contributed by atoms with Crippen LogP contribution in [0, 0.1) is 0 Å². The van der Waals surface area contributed by atoms with Crippen molar-refractivity contribution in [2.24, 2.45) is 0 Å². The predicted octanol–water partition coefficient (Wildman–Crippen LogP) is 1.05. The molecule has 134 valence electrons. The molecule has 1 aliphatic heterocycles. The average molecular weight is 335 g/mol. The standard InChI is InChI=1S/C17H29N5O2/c1-18-15(23)6-8-17(24-4)7-5-9-22(13-17)12-14-10-19-16(20-11-14)21(2)3/h10-11H,5-9,12-13H2,1-4H3,(H,18,23)/t17-/m0/s1. The summed E-state index contributed by atoms with van der Waals surface area (Å²) in [6.45, 7) is 2.66. The summed E-state index contributed by atoms with van der Waals surface area (Å²) in [5, 5.41) is 2.68. The summed E-state index contributed by atoms with van der Waals surface area (Å²) in [6.07, 6.45) is 7.08. The number of ether oxygens (including phenoxy) is 1. The molecule has 1 N–H and O–H groups in total. The molecule has 0 unspecified atom stereocenters. The Kier molecular flexibility index (Phi) is 6.51. The number of carbonyl (C=O) groups is 1. The monoisotopic (exact) mass is 335 g/mol. The molecule has 0 aliphatic carbocycles. The lowest BCUT2D eigenvalue weighted by molar-refractivity contribution is -0.124. The third kappa shape index (κ3) is 4.88. The second kappa shape index (κ2) is 8.39. The largest absolute Gasteiger partial charge is 0.377 e. The lowest BCUT2D eigenvalue weighted by Gasteiger charge is -2.42. The number of amides is 1. The quantitative estimate of drug-likeness (QED) is 0.803. The molecule has 2 heterocycles. The van der Waals surface area contributed by atoms with Crippen molar-refractivity contribution in [2.75, 3.05) is 46.2 Å². The van der Waals surface area contributed by atoms with Gasteiger partial charge in [0.05, 0.1) is 5.60 Å². The van der Waals surface area contributed by atoms with E-state index in [9.17, 15) is 4.79 Å². The summed E-state index contributed by atoms with van der Waals surface area (Å²) in [7, 11) is 7.28. The molecule has 0 spiro atoms. The molecule has 1 atom stereocenters. The summed E-state index contributed by atoms with van der Waals surface area (Å²) >= 11 is 0. The first-order valence-electron chi connectivity index (χ1n) is 8.44. The van der Waals surface area contributed by atoms with Crippen LogP contribution in [0.25, 0.3) is 0 Å². The Morgan fingerprint density at radius 1 is 1.42 bits per heavy atom. The van der Waals surface area contributed by atoms with Crippen molar-refractivity contribution in [1.29, 1.82) is 0 Å². The van der Waals surface area contributed by atoms with Gasteiger partial charge in [0, 0.05) is 65.7 Å². The van der Waals surface area contributed by atoms with Crippen LogP contribution in [0.1, 0.15) is 31.2 Å². The van der Waals surface area contributed by atoms with Gasteiger partial charge in [0.2, 0.25) is 11.9 Å². The van der Waals surface area contributed by atoms with Crippen molar-refractivity contribution in [3.05, 3.63) is 18.0 Å². The topological polar surface area (TPSA) is 70.6 Å². The van der Waals surface area contributed by atoms with Gasteiger partial charge in [-0.3, -0.25) is 9.69 Å². The van der Waals surface area contributed by atoms with Gasteiger partial charge in [-0.25, -0.2) is 9.97 Å². The summed E-state index contributed by atoms with van der Waals surface area (Å²) in [5.74, 6) is 0.783. The van der Waals surface area contributed by atoms with E-state index < -0.39 is 0 Å². The number of rotatable bonds is 7. The van der Waals surface area contributed by atoms with Crippen molar-refractivity contribution in [2.45, 2.75) is 37.8 Å². The van der Waals surface area contributed by atoms with Gasteiger partial charge in [0.1, 0.15) is 0 Å². The minimum absolute atomic E-state index is 0.0659. The fourth-order valence-corrected chi connectivity index (χ4v) is 3.18. The number of aromatic nitrogens is 2. The summed E-state index contributed by atoms with van der Waals surface area (Å²) in [5.41, 5.74) is 0.855. The number of anilines is 1. The zero-order valence-electron chi connectivity index (χ0n) is 15.2. The van der Waals surface area contributed by atoms with Gasteiger partial charge >= 0.3 is 0 Å². The molecule has 0 aromatic carbocycles. The first kappa shape index (κ1) is 18.6. The molecule has 7 heteroatoms. The number of nitrogens with zero attached hydrogens (tertiary/aromatic N) is 4. The van der Waals surface area contributed by atoms with Crippen LogP contribution in [0.15, 0.2) is 12.4 Å². The van der Waals surface area contributed by atoms with Crippen LogP contribution in [-0.2, 0) is 16.1 Å². The Labute approximate surface area is 144 Å². The van der Waals surface area contributed by atoms with Gasteiger partial charge in [0.25, 0.3) is 0 Å². The second-order valence-corrected chi connectivity index (χ2v) is 6.66. The van der Waals surface area contributed by atoms with E-state index in [0.29, 0.717) is 12.4 Å². The number of piperidine rings is 1. The summed E-state index contributed by atoms with van der Waals surface area (Å²) < 4.78 is 5.83. The van der Waals surface area contributed by atoms with E-state index in [4.69, 9.17) is 4.74 Å². The third-order valence-electron chi connectivity index (χ3n) is 4.64. The number of hydrogen-bond donors (Lipinski definition) is 1. The van der Waals surface area contributed by atoms with E-state index in [0.717, 1.165) is 44.5 Å². The van der Waals surface area contributed by atoms with Gasteiger partial charge in [-0.1, -0.05) is 0 Å². The molecule has 0 radical (unpaired) electrons. The van der Waals surface area contributed by atoms with Crippen LogP contribution < -0.4 is 10.2 Å². The van der Waals surface area contributed by atoms with Crippen molar-refractivity contribution < 1.29 is 9.53 Å². The lowest BCUT2D eigenvalue weighted by Crippen LogP contribution is -2.49. The first-order chi connectivity index (χ1) is 11.5. The number of methoxy groups -OCH3 is 1. The molecule has 1 amide bonds. The SMILES string of the molecule is CNC(=O)CC[C@@]1(OC)CCCN(Cc2cnc(N(C)C)nc2)C1. The zero-order valence-corrected chi connectivity index (χ0v) is 15.2. The van der Waals surface area contributed by atoms with Crippen molar-refractivity contribution in [3.63, 3.8) is 0 Å². The van der Waals surface area contributed by atoms with Crippen LogP contribution in [-0.4, -0.2) is 67.7 Å². The number of carbonyl (C=O) groups excluding carboxylic acids is 1. The van der Waals surface area contributed by atoms with Crippen LogP contribution in [0.3, 0.4) is 0 Å². The van der Waals surface area contributed by atoms with E-state index in [1.165, 1.54) is 0 Å². The second-order valence-electron chi connectivity index (χ2n) is 6.66. The fraction of sp³-hybridized carbons (Fsp3) is 0.706. The van der Waals surface area contributed by atoms with Gasteiger partial charge in [-0.2, -0.15) is 0 Å². The van der Waals surface area contributed by atoms with Crippen LogP contribution in [0.5, 0.6) is 0 Å². The Hall–Kier alpha value is -1.73. The lowest BCUT2D eigenvalue weighted by atomic mass is 9.87. The van der Waals surface area contributed by atoms with Crippen molar-refractivity contribution in [3.8, 4) is 0 Å². The Balaban J connectivity index is 1.96. The molecule has 0 saturated carbocycles. The van der Waals surface area contributed by atoms with Crippen LogP contribution >= 0.6 is 0 Å². The molecule has 1 aromatic rings. The van der Waals surface area contributed by atoms with Crippen molar-refractivity contribution in [1.82, 2.24) is 20.2 Å². The molecule has 0 bridgehead atoms. The number of likely N-dealkylation sites (tertiary alicyclic amines) is 1. The molecule has 1 aromatic heterocycles. The number of hydrogen-bond acceptors (Lipinski definition) is 6. The Bertz CT molecular complexity index is 534. The molecule has 7 nitrogen and oxygen atoms in total. The van der Waals surface area contributed by atoms with Gasteiger partial charge in [0.15, 0.2) is 0 Å². The normalized spacial score (nSPS) is 21.5. The maximum atomic E-state index is 11.6. The third-order valence-corrected chi connectivity index (χ3v) is 4.64. The molecular weight excluding hydrogens is 306 g/mol. The highest BCUT2D eigenvalue weighted by Gasteiger charge is 2.35. The highest BCUT2D eigenvalue weighted by atomic mass is 16.5. The molecule has 2 rings (SSSR count). The predicted molar refractivity (Wildman–Crippen MR) is 93.9 cm³/mol. The smallest absolute Gasteiger partial charge is 0.224 e. The number of nitrogens with one attached hydrogen (secondary N) is 1. The summed E-state index contributed by atoms with van der Waals surface area (Å²) in [4.78, 5) is 24.6. The Morgan fingerprint density at radius 2 is 2.12 bits per heavy atom. The maximum absolute atomic E-state index is 11.6. The minimum atomic E-state index is -0.241. The van der Waals surface area contributed by atoms with E-state index in [1.807, 2.05) is 31.4 Å². The Morgan fingerprint density at radius 3 is 2.71 bits per heavy atom. The van der Waals surface area contributed by atoms with E-state index in [-0.39, 0.29) is 11.5 Å². The van der Waals surface area contributed by atoms with E-state index in [1.54, 1.807) is 14.2 Å². The molecule has 24 heavy (non-hydrogen) atoms. The van der Waals surface area contributed by atoms with Crippen LogP contribution in [0.4, 0.5) is 5.95 Å². The van der Waals surface area contributed by atoms with Crippen molar-refractivity contribution >= 4 is 11.9 Å². The van der Waals surface area contributed by atoms with E-state index >= 15 is 0 Å². The highest BCUT2D eigenvalue weighted by Crippen LogP contribution is 2.30. The molecule has 1 fully saturated rings.